The summed E-state index contributed by atoms with van der Waals surface area (Å²) in [4.78, 5) is 32.7. The van der Waals surface area contributed by atoms with Gasteiger partial charge in [-0.15, -0.1) is 0 Å². The van der Waals surface area contributed by atoms with Crippen LogP contribution in [0.5, 0.6) is 0 Å². The Kier molecular flexibility index (Phi) is 3.00. The first-order valence-electron chi connectivity index (χ1n) is 7.15. The van der Waals surface area contributed by atoms with Crippen LogP contribution in [0.3, 0.4) is 0 Å². The number of carbonyl (C=O) groups is 1. The lowest BCUT2D eigenvalue weighted by atomic mass is 10.1. The Balaban J connectivity index is 1.68. The maximum Gasteiger partial charge on any atom is 0.258 e. The molecule has 0 fully saturated rings. The van der Waals surface area contributed by atoms with E-state index in [1.807, 2.05) is 0 Å². The van der Waals surface area contributed by atoms with E-state index in [0.29, 0.717) is 40.8 Å². The van der Waals surface area contributed by atoms with Crippen LogP contribution in [0.4, 0.5) is 4.39 Å². The summed E-state index contributed by atoms with van der Waals surface area (Å²) >= 11 is 0. The third kappa shape index (κ3) is 2.21. The number of carbonyl (C=O) groups excluding carboxylic acids is 1. The van der Waals surface area contributed by atoms with E-state index >= 15 is 0 Å². The molecule has 0 radical (unpaired) electrons. The van der Waals surface area contributed by atoms with Crippen molar-refractivity contribution in [1.82, 2.24) is 14.9 Å². The van der Waals surface area contributed by atoms with Crippen LogP contribution in [-0.4, -0.2) is 27.3 Å². The van der Waals surface area contributed by atoms with Crippen LogP contribution < -0.4 is 5.56 Å². The highest BCUT2D eigenvalue weighted by atomic mass is 19.1. The average Bonchev–Trinajstić information content (AvgIpc) is 2.97. The second-order valence-corrected chi connectivity index (χ2v) is 5.42. The van der Waals surface area contributed by atoms with Crippen molar-refractivity contribution in [2.75, 3.05) is 6.54 Å². The molecule has 1 aromatic carbocycles. The fraction of sp³-hybridized carbons (Fsp3) is 0.188. The molecule has 1 aliphatic heterocycles. The number of benzene rings is 1. The topological polar surface area (TPSA) is 79.2 Å². The molecule has 1 amide bonds. The van der Waals surface area contributed by atoms with Gasteiger partial charge in [-0.25, -0.2) is 9.37 Å². The molecule has 23 heavy (non-hydrogen) atoms. The van der Waals surface area contributed by atoms with Gasteiger partial charge in [0.25, 0.3) is 11.5 Å². The highest BCUT2D eigenvalue weighted by Gasteiger charge is 2.26. The van der Waals surface area contributed by atoms with Crippen molar-refractivity contribution in [1.29, 1.82) is 0 Å². The number of fused-ring (bicyclic) bond motifs is 2. The lowest BCUT2D eigenvalue weighted by Gasteiger charge is -2.27. The Hall–Kier alpha value is -2.96. The van der Waals surface area contributed by atoms with E-state index in [0.717, 1.165) is 0 Å². The average molecular weight is 313 g/mol. The molecule has 6 nitrogen and oxygen atoms in total. The monoisotopic (exact) mass is 313 g/mol. The van der Waals surface area contributed by atoms with E-state index in [-0.39, 0.29) is 18.0 Å². The van der Waals surface area contributed by atoms with Crippen molar-refractivity contribution in [3.05, 3.63) is 63.8 Å². The summed E-state index contributed by atoms with van der Waals surface area (Å²) in [6.45, 7) is 0.695. The van der Waals surface area contributed by atoms with Crippen LogP contribution in [0.1, 0.15) is 21.6 Å². The molecule has 116 valence electrons. The van der Waals surface area contributed by atoms with Gasteiger partial charge in [-0.05, 0) is 18.6 Å². The first-order chi connectivity index (χ1) is 11.1. The molecule has 3 aromatic rings. The van der Waals surface area contributed by atoms with E-state index in [4.69, 9.17) is 4.42 Å². The molecular weight excluding hydrogens is 301 g/mol. The van der Waals surface area contributed by atoms with E-state index in [1.165, 1.54) is 30.8 Å². The van der Waals surface area contributed by atoms with Gasteiger partial charge < -0.3 is 14.3 Å². The number of amides is 1. The van der Waals surface area contributed by atoms with Gasteiger partial charge in [0.05, 0.1) is 24.1 Å². The quantitative estimate of drug-likeness (QED) is 0.743. The summed E-state index contributed by atoms with van der Waals surface area (Å²) in [7, 11) is 0. The summed E-state index contributed by atoms with van der Waals surface area (Å²) in [5.41, 5.74) is 1.78. The highest BCUT2D eigenvalue weighted by Crippen LogP contribution is 2.25. The Bertz CT molecular complexity index is 976. The molecule has 0 saturated carbocycles. The van der Waals surface area contributed by atoms with Gasteiger partial charge in [0.15, 0.2) is 0 Å². The van der Waals surface area contributed by atoms with Crippen molar-refractivity contribution in [2.24, 2.45) is 0 Å². The maximum absolute atomic E-state index is 13.2. The van der Waals surface area contributed by atoms with Crippen molar-refractivity contribution >= 4 is 16.9 Å². The van der Waals surface area contributed by atoms with Gasteiger partial charge in [-0.3, -0.25) is 9.59 Å². The molecular formula is C16H12FN3O3. The third-order valence-corrected chi connectivity index (χ3v) is 4.07. The van der Waals surface area contributed by atoms with Crippen LogP contribution in [0.25, 0.3) is 11.0 Å². The second kappa shape index (κ2) is 5.05. The fourth-order valence-electron chi connectivity index (χ4n) is 2.88. The molecule has 0 aliphatic carbocycles. The Labute approximate surface area is 129 Å². The molecule has 1 aliphatic rings. The van der Waals surface area contributed by atoms with Gasteiger partial charge >= 0.3 is 0 Å². The minimum atomic E-state index is -0.416. The largest absolute Gasteiger partial charge is 0.463 e. The Morgan fingerprint density at radius 1 is 1.39 bits per heavy atom. The lowest BCUT2D eigenvalue weighted by molar-refractivity contribution is 0.0732. The summed E-state index contributed by atoms with van der Waals surface area (Å²) in [5, 5.41) is 0.570. The first-order valence-corrected chi connectivity index (χ1v) is 7.15. The molecule has 2 aromatic heterocycles. The van der Waals surface area contributed by atoms with Crippen molar-refractivity contribution in [3.8, 4) is 0 Å². The van der Waals surface area contributed by atoms with Crippen LogP contribution in [0, 0.1) is 5.82 Å². The number of rotatable bonds is 1. The minimum Gasteiger partial charge on any atom is -0.463 e. The number of nitrogens with zero attached hydrogens (tertiary/aromatic N) is 2. The van der Waals surface area contributed by atoms with E-state index in [1.54, 1.807) is 4.90 Å². The van der Waals surface area contributed by atoms with Crippen LogP contribution in [-0.2, 0) is 13.0 Å². The van der Waals surface area contributed by atoms with Gasteiger partial charge in [0.1, 0.15) is 17.7 Å². The fourth-order valence-corrected chi connectivity index (χ4v) is 2.88. The standard InChI is InChI=1S/C16H12FN3O3/c17-9-1-2-10-12(7-23-14(10)5-9)16(22)20-4-3-11-13(6-20)18-8-19-15(11)21/h1-2,5,7-8H,3-4,6H2,(H,18,19,21). The zero-order chi connectivity index (χ0) is 16.0. The number of aromatic amines is 1. The molecule has 1 N–H and O–H groups in total. The van der Waals surface area contributed by atoms with E-state index in [2.05, 4.69) is 9.97 Å². The van der Waals surface area contributed by atoms with Gasteiger partial charge in [0, 0.05) is 23.6 Å². The molecule has 0 saturated heterocycles. The number of hydrogen-bond donors (Lipinski definition) is 1. The number of halogens is 1. The highest BCUT2D eigenvalue weighted by molar-refractivity contribution is 6.05. The van der Waals surface area contributed by atoms with Crippen molar-refractivity contribution in [3.63, 3.8) is 0 Å². The van der Waals surface area contributed by atoms with Crippen LogP contribution >= 0.6 is 0 Å². The SMILES string of the molecule is O=C(c1coc2cc(F)ccc12)N1CCc2c(nc[nH]c2=O)C1. The van der Waals surface area contributed by atoms with Crippen molar-refractivity contribution < 1.29 is 13.6 Å². The van der Waals surface area contributed by atoms with Gasteiger partial charge in [-0.1, -0.05) is 0 Å². The zero-order valence-corrected chi connectivity index (χ0v) is 12.0. The molecule has 0 spiro atoms. The normalized spacial score (nSPS) is 14.0. The number of hydrogen-bond acceptors (Lipinski definition) is 4. The van der Waals surface area contributed by atoms with E-state index in [9.17, 15) is 14.0 Å². The molecule has 4 rings (SSSR count). The number of furan rings is 1. The minimum absolute atomic E-state index is 0.161. The number of nitrogens with one attached hydrogen (secondary N) is 1. The molecule has 3 heterocycles. The van der Waals surface area contributed by atoms with Crippen LogP contribution in [0.15, 0.2) is 40.0 Å². The summed E-state index contributed by atoms with van der Waals surface area (Å²) in [5.74, 6) is -0.635. The smallest absolute Gasteiger partial charge is 0.258 e. The molecule has 0 bridgehead atoms. The molecule has 0 unspecified atom stereocenters. The van der Waals surface area contributed by atoms with E-state index < -0.39 is 5.82 Å². The number of H-pyrrole nitrogens is 1. The lowest BCUT2D eigenvalue weighted by Crippen LogP contribution is -2.38. The third-order valence-electron chi connectivity index (χ3n) is 4.07. The predicted octanol–water partition coefficient (Wildman–Crippen LogP) is 1.85. The maximum atomic E-state index is 13.2. The van der Waals surface area contributed by atoms with Gasteiger partial charge in [0.2, 0.25) is 0 Å². The Morgan fingerprint density at radius 2 is 2.26 bits per heavy atom. The van der Waals surface area contributed by atoms with Gasteiger partial charge in [-0.2, -0.15) is 0 Å². The number of aromatic nitrogens is 2. The summed E-state index contributed by atoms with van der Waals surface area (Å²) in [6.07, 6.45) is 3.13. The summed E-state index contributed by atoms with van der Waals surface area (Å²) in [6, 6.07) is 4.07. The first kappa shape index (κ1) is 13.7. The Morgan fingerprint density at radius 3 is 3.13 bits per heavy atom. The zero-order valence-electron chi connectivity index (χ0n) is 12.0. The molecule has 7 heteroatoms. The summed E-state index contributed by atoms with van der Waals surface area (Å²) < 4.78 is 18.5. The van der Waals surface area contributed by atoms with Crippen molar-refractivity contribution in [2.45, 2.75) is 13.0 Å². The van der Waals surface area contributed by atoms with Crippen LogP contribution in [0.2, 0.25) is 0 Å². The second-order valence-electron chi connectivity index (χ2n) is 5.42. The molecule has 0 atom stereocenters. The predicted molar refractivity (Wildman–Crippen MR) is 79.5 cm³/mol.